The molecule has 0 atom stereocenters. The summed E-state index contributed by atoms with van der Waals surface area (Å²) in [6.07, 6.45) is 6.43. The van der Waals surface area contributed by atoms with Gasteiger partial charge in [0.15, 0.2) is 0 Å². The van der Waals surface area contributed by atoms with Crippen molar-refractivity contribution in [2.24, 2.45) is 5.92 Å². The van der Waals surface area contributed by atoms with E-state index in [0.29, 0.717) is 23.3 Å². The number of carbonyl (C=O) groups is 1. The topological polar surface area (TPSA) is 54.5 Å². The third-order valence-corrected chi connectivity index (χ3v) is 4.74. The van der Waals surface area contributed by atoms with Gasteiger partial charge in [-0.15, -0.1) is 0 Å². The fourth-order valence-corrected chi connectivity index (χ4v) is 2.93. The van der Waals surface area contributed by atoms with Gasteiger partial charge in [0.1, 0.15) is 0 Å². The third kappa shape index (κ3) is 3.66. The SMILES string of the molecule is CNN(C(=O)c1cnc(OCC2CC2)c(C2CC2)c1)c1ccccc1. The molecule has 1 N–H and O–H groups in total. The number of hydrogen-bond donors (Lipinski definition) is 1. The highest BCUT2D eigenvalue weighted by Crippen LogP contribution is 2.44. The van der Waals surface area contributed by atoms with Crippen molar-refractivity contribution in [1.29, 1.82) is 0 Å². The highest BCUT2D eigenvalue weighted by Gasteiger charge is 2.30. The number of benzene rings is 1. The first kappa shape index (κ1) is 16.1. The van der Waals surface area contributed by atoms with E-state index in [2.05, 4.69) is 10.4 Å². The maximum absolute atomic E-state index is 12.9. The summed E-state index contributed by atoms with van der Waals surface area (Å²) < 4.78 is 5.92. The van der Waals surface area contributed by atoms with Gasteiger partial charge in [-0.2, -0.15) is 0 Å². The van der Waals surface area contributed by atoms with Crippen LogP contribution in [0.5, 0.6) is 5.88 Å². The fourth-order valence-electron chi connectivity index (χ4n) is 2.93. The summed E-state index contributed by atoms with van der Waals surface area (Å²) in [7, 11) is 1.74. The Morgan fingerprint density at radius 1 is 1.24 bits per heavy atom. The van der Waals surface area contributed by atoms with Crippen LogP contribution in [0, 0.1) is 5.92 Å². The number of hydrogen-bond acceptors (Lipinski definition) is 4. The monoisotopic (exact) mass is 337 g/mol. The Morgan fingerprint density at radius 2 is 2.00 bits per heavy atom. The number of nitrogens with zero attached hydrogens (tertiary/aromatic N) is 2. The zero-order chi connectivity index (χ0) is 17.2. The second-order valence-corrected chi connectivity index (χ2v) is 6.85. The van der Waals surface area contributed by atoms with Crippen molar-refractivity contribution in [1.82, 2.24) is 10.4 Å². The van der Waals surface area contributed by atoms with Gasteiger partial charge < -0.3 is 4.74 Å². The van der Waals surface area contributed by atoms with Crippen LogP contribution >= 0.6 is 0 Å². The van der Waals surface area contributed by atoms with Gasteiger partial charge in [0.2, 0.25) is 5.88 Å². The zero-order valence-electron chi connectivity index (χ0n) is 14.4. The Bertz CT molecular complexity index is 755. The number of anilines is 1. The molecule has 2 fully saturated rings. The number of carbonyl (C=O) groups excluding carboxylic acids is 1. The number of pyridine rings is 1. The predicted molar refractivity (Wildman–Crippen MR) is 96.7 cm³/mol. The lowest BCUT2D eigenvalue weighted by Crippen LogP contribution is -2.40. The molecule has 2 aromatic rings. The predicted octanol–water partition coefficient (Wildman–Crippen LogP) is 3.53. The van der Waals surface area contributed by atoms with Gasteiger partial charge in [-0.1, -0.05) is 18.2 Å². The largest absolute Gasteiger partial charge is 0.477 e. The van der Waals surface area contributed by atoms with E-state index < -0.39 is 0 Å². The van der Waals surface area contributed by atoms with Gasteiger partial charge in [-0.05, 0) is 55.7 Å². The Morgan fingerprint density at radius 3 is 2.64 bits per heavy atom. The molecular weight excluding hydrogens is 314 g/mol. The third-order valence-electron chi connectivity index (χ3n) is 4.74. The van der Waals surface area contributed by atoms with Gasteiger partial charge in [-0.3, -0.25) is 4.79 Å². The van der Waals surface area contributed by atoms with E-state index in [1.807, 2.05) is 36.4 Å². The molecule has 5 nitrogen and oxygen atoms in total. The van der Waals surface area contributed by atoms with Crippen LogP contribution in [-0.2, 0) is 0 Å². The first-order valence-electron chi connectivity index (χ1n) is 8.96. The lowest BCUT2D eigenvalue weighted by atomic mass is 10.1. The van der Waals surface area contributed by atoms with E-state index >= 15 is 0 Å². The average Bonchev–Trinajstić information content (AvgIpc) is 3.55. The first-order chi connectivity index (χ1) is 12.3. The van der Waals surface area contributed by atoms with Crippen LogP contribution < -0.4 is 15.2 Å². The summed E-state index contributed by atoms with van der Waals surface area (Å²) >= 11 is 0. The molecule has 25 heavy (non-hydrogen) atoms. The smallest absolute Gasteiger partial charge is 0.274 e. The van der Waals surface area contributed by atoms with E-state index in [1.165, 1.54) is 12.8 Å². The molecule has 0 spiro atoms. The van der Waals surface area contributed by atoms with Crippen molar-refractivity contribution < 1.29 is 9.53 Å². The van der Waals surface area contributed by atoms with Crippen molar-refractivity contribution in [3.63, 3.8) is 0 Å². The molecule has 130 valence electrons. The summed E-state index contributed by atoms with van der Waals surface area (Å²) in [4.78, 5) is 17.4. The summed E-state index contributed by atoms with van der Waals surface area (Å²) in [6, 6.07) is 11.5. The molecule has 1 heterocycles. The molecule has 0 bridgehead atoms. The molecule has 4 rings (SSSR count). The molecule has 5 heteroatoms. The zero-order valence-corrected chi connectivity index (χ0v) is 14.4. The van der Waals surface area contributed by atoms with Gasteiger partial charge in [0.05, 0.1) is 17.9 Å². The van der Waals surface area contributed by atoms with Crippen LogP contribution in [0.15, 0.2) is 42.6 Å². The van der Waals surface area contributed by atoms with Gasteiger partial charge in [0, 0.05) is 18.8 Å². The number of ether oxygens (including phenoxy) is 1. The maximum atomic E-state index is 12.9. The summed E-state index contributed by atoms with van der Waals surface area (Å²) in [6.45, 7) is 0.743. The van der Waals surface area contributed by atoms with Gasteiger partial charge >= 0.3 is 0 Å². The summed E-state index contributed by atoms with van der Waals surface area (Å²) in [5.41, 5.74) is 5.43. The lowest BCUT2D eigenvalue weighted by molar-refractivity contribution is 0.0976. The standard InChI is InChI=1S/C20H23N3O2/c1-21-23(17-5-3-2-4-6-17)20(24)16-11-18(15-9-10-15)19(22-12-16)25-13-14-7-8-14/h2-6,11-12,14-15,21H,7-10,13H2,1H3. The second kappa shape index (κ2) is 6.84. The Kier molecular flexibility index (Phi) is 4.40. The fraction of sp³-hybridized carbons (Fsp3) is 0.400. The van der Waals surface area contributed by atoms with E-state index in [-0.39, 0.29) is 5.91 Å². The van der Waals surface area contributed by atoms with Crippen LogP contribution in [0.3, 0.4) is 0 Å². The molecule has 1 aromatic heterocycles. The molecule has 2 aliphatic carbocycles. The number of para-hydroxylation sites is 1. The van der Waals surface area contributed by atoms with Crippen molar-refractivity contribution in [2.75, 3.05) is 18.7 Å². The number of amides is 1. The van der Waals surface area contributed by atoms with E-state index in [4.69, 9.17) is 4.74 Å². The van der Waals surface area contributed by atoms with Crippen molar-refractivity contribution in [3.05, 3.63) is 53.7 Å². The van der Waals surface area contributed by atoms with Crippen molar-refractivity contribution in [2.45, 2.75) is 31.6 Å². The van der Waals surface area contributed by atoms with Crippen molar-refractivity contribution in [3.8, 4) is 5.88 Å². The maximum Gasteiger partial charge on any atom is 0.274 e. The number of hydrazine groups is 1. The minimum atomic E-state index is -0.114. The molecule has 0 radical (unpaired) electrons. The lowest BCUT2D eigenvalue weighted by Gasteiger charge is -2.21. The van der Waals surface area contributed by atoms with Gasteiger partial charge in [-0.25, -0.2) is 15.4 Å². The molecule has 0 aliphatic heterocycles. The molecule has 2 saturated carbocycles. The number of aromatic nitrogens is 1. The minimum absolute atomic E-state index is 0.114. The molecule has 0 unspecified atom stereocenters. The summed E-state index contributed by atoms with van der Waals surface area (Å²) in [5, 5.41) is 1.54. The van der Waals surface area contributed by atoms with Crippen LogP contribution in [0.25, 0.3) is 0 Å². The quantitative estimate of drug-likeness (QED) is 0.785. The van der Waals surface area contributed by atoms with Crippen LogP contribution in [0.4, 0.5) is 5.69 Å². The first-order valence-corrected chi connectivity index (χ1v) is 8.96. The van der Waals surface area contributed by atoms with E-state index in [9.17, 15) is 4.79 Å². The Labute approximate surface area is 148 Å². The summed E-state index contributed by atoms with van der Waals surface area (Å²) in [5.74, 6) is 1.76. The molecule has 1 amide bonds. The van der Waals surface area contributed by atoms with Crippen LogP contribution in [-0.4, -0.2) is 24.5 Å². The normalized spacial score (nSPS) is 16.5. The second-order valence-electron chi connectivity index (χ2n) is 6.85. The Hall–Kier alpha value is -2.40. The minimum Gasteiger partial charge on any atom is -0.477 e. The van der Waals surface area contributed by atoms with Crippen molar-refractivity contribution >= 4 is 11.6 Å². The number of nitrogens with one attached hydrogen (secondary N) is 1. The highest BCUT2D eigenvalue weighted by molar-refractivity contribution is 6.05. The Balaban J connectivity index is 1.58. The molecule has 0 saturated heterocycles. The van der Waals surface area contributed by atoms with Gasteiger partial charge in [0.25, 0.3) is 5.91 Å². The van der Waals surface area contributed by atoms with Crippen LogP contribution in [0.2, 0.25) is 0 Å². The molecular formula is C20H23N3O2. The average molecular weight is 337 g/mol. The van der Waals surface area contributed by atoms with Crippen LogP contribution in [0.1, 0.15) is 47.5 Å². The molecule has 1 aromatic carbocycles. The van der Waals surface area contributed by atoms with E-state index in [0.717, 1.165) is 30.7 Å². The van der Waals surface area contributed by atoms with E-state index in [1.54, 1.807) is 18.3 Å². The highest BCUT2D eigenvalue weighted by atomic mass is 16.5. The molecule has 2 aliphatic rings. The number of rotatable bonds is 7.